The second-order valence-corrected chi connectivity index (χ2v) is 5.11. The number of aromatic hydroxyl groups is 1. The van der Waals surface area contributed by atoms with Gasteiger partial charge in [-0.25, -0.2) is 10.2 Å². The SMILES string of the molecule is CC(C)(C)OC(=O)NN(CC(=O)O)c1ccc(O)cc1. The average Bonchev–Trinajstić information content (AvgIpc) is 2.25. The summed E-state index contributed by atoms with van der Waals surface area (Å²) in [6, 6.07) is 5.74. The number of phenolic OH excluding ortho intramolecular Hbond substituents is 1. The van der Waals surface area contributed by atoms with E-state index >= 15 is 0 Å². The van der Waals surface area contributed by atoms with E-state index in [1.54, 1.807) is 20.8 Å². The molecule has 0 aliphatic heterocycles. The van der Waals surface area contributed by atoms with E-state index in [-0.39, 0.29) is 5.75 Å². The van der Waals surface area contributed by atoms with Crippen LogP contribution in [-0.4, -0.2) is 34.4 Å². The van der Waals surface area contributed by atoms with Crippen molar-refractivity contribution in [1.82, 2.24) is 5.43 Å². The van der Waals surface area contributed by atoms with Gasteiger partial charge in [-0.2, -0.15) is 0 Å². The lowest BCUT2D eigenvalue weighted by atomic mass is 10.2. The number of benzene rings is 1. The topological polar surface area (TPSA) is 99.1 Å². The minimum absolute atomic E-state index is 0.0429. The summed E-state index contributed by atoms with van der Waals surface area (Å²) in [5.74, 6) is -1.07. The fourth-order valence-electron chi connectivity index (χ4n) is 1.37. The highest BCUT2D eigenvalue weighted by molar-refractivity contribution is 5.77. The molecule has 1 amide bonds. The first-order valence-electron chi connectivity index (χ1n) is 5.95. The Morgan fingerprint density at radius 2 is 1.80 bits per heavy atom. The van der Waals surface area contributed by atoms with Crippen LogP contribution in [0.1, 0.15) is 20.8 Å². The first-order chi connectivity index (χ1) is 9.17. The molecule has 0 saturated heterocycles. The van der Waals surface area contributed by atoms with Gasteiger partial charge in [-0.15, -0.1) is 0 Å². The summed E-state index contributed by atoms with van der Waals surface area (Å²) in [7, 11) is 0. The molecule has 0 aliphatic carbocycles. The quantitative estimate of drug-likeness (QED) is 0.727. The molecule has 0 atom stereocenters. The van der Waals surface area contributed by atoms with Crippen molar-refractivity contribution >= 4 is 17.7 Å². The van der Waals surface area contributed by atoms with Crippen molar-refractivity contribution in [2.24, 2.45) is 0 Å². The summed E-state index contributed by atoms with van der Waals surface area (Å²) < 4.78 is 5.06. The number of hydrogen-bond acceptors (Lipinski definition) is 5. The standard InChI is InChI=1S/C13H18N2O5/c1-13(2,3)20-12(19)14-15(8-11(17)18)9-4-6-10(16)7-5-9/h4-7,16H,8H2,1-3H3,(H,14,19)(H,17,18). The van der Waals surface area contributed by atoms with Gasteiger partial charge in [-0.3, -0.25) is 9.80 Å². The van der Waals surface area contributed by atoms with Gasteiger partial charge < -0.3 is 14.9 Å². The lowest BCUT2D eigenvalue weighted by Gasteiger charge is -2.26. The van der Waals surface area contributed by atoms with Crippen LogP contribution in [0, 0.1) is 0 Å². The van der Waals surface area contributed by atoms with Crippen LogP contribution in [-0.2, 0) is 9.53 Å². The number of hydrogen-bond donors (Lipinski definition) is 3. The molecule has 3 N–H and O–H groups in total. The van der Waals surface area contributed by atoms with Gasteiger partial charge in [0.15, 0.2) is 0 Å². The highest BCUT2D eigenvalue weighted by Crippen LogP contribution is 2.17. The zero-order chi connectivity index (χ0) is 15.3. The Hall–Kier alpha value is -2.44. The highest BCUT2D eigenvalue weighted by atomic mass is 16.6. The molecular formula is C13H18N2O5. The highest BCUT2D eigenvalue weighted by Gasteiger charge is 2.20. The number of ether oxygens (including phenoxy) is 1. The lowest BCUT2D eigenvalue weighted by molar-refractivity contribution is -0.135. The van der Waals surface area contributed by atoms with Crippen LogP contribution in [0.15, 0.2) is 24.3 Å². The van der Waals surface area contributed by atoms with Crippen molar-refractivity contribution in [1.29, 1.82) is 0 Å². The molecule has 1 aromatic rings. The largest absolute Gasteiger partial charge is 0.508 e. The molecule has 1 rings (SSSR count). The van der Waals surface area contributed by atoms with Crippen molar-refractivity contribution in [3.05, 3.63) is 24.3 Å². The summed E-state index contributed by atoms with van der Waals surface area (Å²) in [5.41, 5.74) is 2.08. The Labute approximate surface area is 116 Å². The molecule has 0 aromatic heterocycles. The number of carboxylic acids is 1. The molecule has 0 heterocycles. The smallest absolute Gasteiger partial charge is 0.426 e. The molecule has 7 heteroatoms. The van der Waals surface area contributed by atoms with Gasteiger partial charge in [-0.1, -0.05) is 0 Å². The summed E-state index contributed by atoms with van der Waals surface area (Å²) in [4.78, 5) is 22.5. The molecule has 0 bridgehead atoms. The van der Waals surface area contributed by atoms with Gasteiger partial charge >= 0.3 is 12.1 Å². The Morgan fingerprint density at radius 3 is 2.25 bits per heavy atom. The lowest BCUT2D eigenvalue weighted by Crippen LogP contribution is -2.47. The monoisotopic (exact) mass is 282 g/mol. The second-order valence-electron chi connectivity index (χ2n) is 5.11. The molecule has 20 heavy (non-hydrogen) atoms. The van der Waals surface area contributed by atoms with E-state index in [9.17, 15) is 14.7 Å². The molecule has 0 aliphatic rings. The maximum Gasteiger partial charge on any atom is 0.426 e. The van der Waals surface area contributed by atoms with Crippen LogP contribution in [0.4, 0.5) is 10.5 Å². The number of anilines is 1. The molecule has 0 unspecified atom stereocenters. The van der Waals surface area contributed by atoms with Crippen molar-refractivity contribution < 1.29 is 24.5 Å². The number of carboxylic acid groups (broad SMARTS) is 1. The molecule has 0 saturated carbocycles. The number of phenols is 1. The number of aliphatic carboxylic acids is 1. The Kier molecular flexibility index (Phi) is 4.79. The van der Waals surface area contributed by atoms with Gasteiger partial charge in [0.05, 0.1) is 5.69 Å². The Bertz CT molecular complexity index is 479. The van der Waals surface area contributed by atoms with Gasteiger partial charge in [-0.05, 0) is 45.0 Å². The molecule has 110 valence electrons. The number of carbonyl (C=O) groups excluding carboxylic acids is 1. The second kappa shape index (κ2) is 6.14. The number of rotatable bonds is 4. The summed E-state index contributed by atoms with van der Waals surface area (Å²) in [5, 5.41) is 19.2. The van der Waals surface area contributed by atoms with Gasteiger partial charge in [0.2, 0.25) is 0 Å². The first-order valence-corrected chi connectivity index (χ1v) is 5.95. The summed E-state index contributed by atoms with van der Waals surface area (Å²) in [6.45, 7) is 4.67. The van der Waals surface area contributed by atoms with E-state index in [1.807, 2.05) is 0 Å². The van der Waals surface area contributed by atoms with Crippen LogP contribution >= 0.6 is 0 Å². The third-order valence-electron chi connectivity index (χ3n) is 2.08. The van der Waals surface area contributed by atoms with Crippen molar-refractivity contribution in [2.75, 3.05) is 11.6 Å². The summed E-state index contributed by atoms with van der Waals surface area (Å²) in [6.07, 6.45) is -0.758. The van der Waals surface area contributed by atoms with E-state index in [4.69, 9.17) is 9.84 Å². The van der Waals surface area contributed by atoms with Gasteiger partial charge in [0.1, 0.15) is 17.9 Å². The maximum atomic E-state index is 11.7. The van der Waals surface area contributed by atoms with Crippen LogP contribution in [0.2, 0.25) is 0 Å². The summed E-state index contributed by atoms with van der Waals surface area (Å²) >= 11 is 0. The van der Waals surface area contributed by atoms with E-state index in [0.29, 0.717) is 5.69 Å². The zero-order valence-electron chi connectivity index (χ0n) is 11.6. The van der Waals surface area contributed by atoms with Crippen molar-refractivity contribution in [2.45, 2.75) is 26.4 Å². The van der Waals surface area contributed by atoms with E-state index in [1.165, 1.54) is 24.3 Å². The van der Waals surface area contributed by atoms with E-state index < -0.39 is 24.2 Å². The number of hydrazine groups is 1. The minimum atomic E-state index is -1.12. The van der Waals surface area contributed by atoms with Gasteiger partial charge in [0.25, 0.3) is 0 Å². The maximum absolute atomic E-state index is 11.7. The van der Waals surface area contributed by atoms with Crippen LogP contribution < -0.4 is 10.4 Å². The Balaban J connectivity index is 2.82. The number of nitrogens with zero attached hydrogens (tertiary/aromatic N) is 1. The van der Waals surface area contributed by atoms with Gasteiger partial charge in [0, 0.05) is 0 Å². The van der Waals surface area contributed by atoms with Crippen LogP contribution in [0.5, 0.6) is 5.75 Å². The molecule has 0 fully saturated rings. The molecule has 0 radical (unpaired) electrons. The molecular weight excluding hydrogens is 264 g/mol. The van der Waals surface area contributed by atoms with Crippen LogP contribution in [0.25, 0.3) is 0 Å². The predicted octanol–water partition coefficient (Wildman–Crippen LogP) is 1.72. The minimum Gasteiger partial charge on any atom is -0.508 e. The van der Waals surface area contributed by atoms with Crippen molar-refractivity contribution in [3.63, 3.8) is 0 Å². The van der Waals surface area contributed by atoms with E-state index in [0.717, 1.165) is 5.01 Å². The molecule has 0 spiro atoms. The molecule has 7 nitrogen and oxygen atoms in total. The number of amides is 1. The third kappa shape index (κ3) is 5.47. The van der Waals surface area contributed by atoms with Crippen molar-refractivity contribution in [3.8, 4) is 5.75 Å². The number of nitrogens with one attached hydrogen (secondary N) is 1. The normalized spacial score (nSPS) is 10.8. The Morgan fingerprint density at radius 1 is 1.25 bits per heavy atom. The first kappa shape index (κ1) is 15.6. The number of carbonyl (C=O) groups is 2. The fraction of sp³-hybridized carbons (Fsp3) is 0.385. The van der Waals surface area contributed by atoms with Crippen LogP contribution in [0.3, 0.4) is 0 Å². The fourth-order valence-corrected chi connectivity index (χ4v) is 1.37. The zero-order valence-corrected chi connectivity index (χ0v) is 11.6. The average molecular weight is 282 g/mol. The van der Waals surface area contributed by atoms with E-state index in [2.05, 4.69) is 5.43 Å². The third-order valence-corrected chi connectivity index (χ3v) is 2.08. The predicted molar refractivity (Wildman–Crippen MR) is 72.5 cm³/mol. The molecule has 1 aromatic carbocycles.